The second kappa shape index (κ2) is 10.7. The summed E-state index contributed by atoms with van der Waals surface area (Å²) in [6.45, 7) is -0.292. The Kier molecular flexibility index (Phi) is 8.33. The SMILES string of the molecule is COc1ccc(CN(C)C(=O)COC(=O)CCC(=O)c2ccc(Br)cc2)cc1F. The van der Waals surface area contributed by atoms with Gasteiger partial charge < -0.3 is 14.4 Å². The number of esters is 1. The molecule has 0 aromatic heterocycles. The molecule has 2 aromatic carbocycles. The molecule has 0 radical (unpaired) electrons. The van der Waals surface area contributed by atoms with Crippen LogP contribution in [-0.4, -0.2) is 43.3 Å². The topological polar surface area (TPSA) is 72.9 Å². The third-order valence-electron chi connectivity index (χ3n) is 4.14. The van der Waals surface area contributed by atoms with Crippen LogP contribution in [0.3, 0.4) is 0 Å². The van der Waals surface area contributed by atoms with E-state index >= 15 is 0 Å². The lowest BCUT2D eigenvalue weighted by atomic mass is 10.1. The molecule has 2 aromatic rings. The lowest BCUT2D eigenvalue weighted by Gasteiger charge is -2.17. The number of carbonyl (C=O) groups excluding carboxylic acids is 3. The van der Waals surface area contributed by atoms with Gasteiger partial charge in [0.15, 0.2) is 24.0 Å². The molecule has 0 fully saturated rings. The molecule has 0 bridgehead atoms. The van der Waals surface area contributed by atoms with Gasteiger partial charge in [-0.05, 0) is 29.8 Å². The number of carbonyl (C=O) groups is 3. The molecule has 29 heavy (non-hydrogen) atoms. The zero-order chi connectivity index (χ0) is 21.4. The first-order valence-corrected chi connectivity index (χ1v) is 9.60. The summed E-state index contributed by atoms with van der Waals surface area (Å²) >= 11 is 3.29. The minimum Gasteiger partial charge on any atom is -0.494 e. The second-order valence-corrected chi connectivity index (χ2v) is 7.23. The number of methoxy groups -OCH3 is 1. The number of hydrogen-bond donors (Lipinski definition) is 0. The minimum absolute atomic E-state index is 0.00434. The Hall–Kier alpha value is -2.74. The first-order chi connectivity index (χ1) is 13.8. The Morgan fingerprint density at radius 3 is 2.38 bits per heavy atom. The molecule has 0 aliphatic carbocycles. The Morgan fingerprint density at radius 2 is 1.76 bits per heavy atom. The van der Waals surface area contributed by atoms with E-state index in [1.165, 1.54) is 31.2 Å². The molecular weight excluding hydrogens is 445 g/mol. The summed E-state index contributed by atoms with van der Waals surface area (Å²) in [6.07, 6.45) is -0.120. The third kappa shape index (κ3) is 6.98. The summed E-state index contributed by atoms with van der Waals surface area (Å²) in [5, 5.41) is 0. The maximum Gasteiger partial charge on any atom is 0.306 e. The molecule has 0 N–H and O–H groups in total. The Balaban J connectivity index is 1.75. The summed E-state index contributed by atoms with van der Waals surface area (Å²) in [7, 11) is 2.89. The van der Waals surface area contributed by atoms with Gasteiger partial charge in [-0.1, -0.05) is 34.1 Å². The van der Waals surface area contributed by atoms with Crippen molar-refractivity contribution in [2.24, 2.45) is 0 Å². The number of likely N-dealkylation sites (N-methyl/N-ethyl adjacent to an activating group) is 1. The highest BCUT2D eigenvalue weighted by Crippen LogP contribution is 2.18. The zero-order valence-corrected chi connectivity index (χ0v) is 17.7. The van der Waals surface area contributed by atoms with Crippen LogP contribution in [0.4, 0.5) is 4.39 Å². The summed E-state index contributed by atoms with van der Waals surface area (Å²) in [5.41, 5.74) is 1.08. The van der Waals surface area contributed by atoms with Crippen molar-refractivity contribution in [3.63, 3.8) is 0 Å². The molecule has 0 unspecified atom stereocenters. The smallest absolute Gasteiger partial charge is 0.306 e. The van der Waals surface area contributed by atoms with Gasteiger partial charge in [-0.2, -0.15) is 0 Å². The molecule has 2 rings (SSSR count). The highest BCUT2D eigenvalue weighted by atomic mass is 79.9. The van der Waals surface area contributed by atoms with Crippen molar-refractivity contribution >= 4 is 33.6 Å². The predicted molar refractivity (Wildman–Crippen MR) is 108 cm³/mol. The lowest BCUT2D eigenvalue weighted by molar-refractivity contribution is -0.151. The summed E-state index contributed by atoms with van der Waals surface area (Å²) < 4.78 is 24.4. The first kappa shape index (κ1) is 22.5. The van der Waals surface area contributed by atoms with Crippen molar-refractivity contribution in [3.05, 3.63) is 63.9 Å². The van der Waals surface area contributed by atoms with Crippen LogP contribution >= 0.6 is 15.9 Å². The average molecular weight is 466 g/mol. The number of amides is 1. The first-order valence-electron chi connectivity index (χ1n) is 8.81. The minimum atomic E-state index is -0.632. The van der Waals surface area contributed by atoms with Crippen LogP contribution in [0.5, 0.6) is 5.75 Å². The van der Waals surface area contributed by atoms with Crippen LogP contribution in [0.2, 0.25) is 0 Å². The normalized spacial score (nSPS) is 10.3. The van der Waals surface area contributed by atoms with E-state index in [-0.39, 0.29) is 30.9 Å². The number of halogens is 2. The van der Waals surface area contributed by atoms with Crippen LogP contribution < -0.4 is 4.74 Å². The number of rotatable bonds is 9. The number of ketones is 1. The van der Waals surface area contributed by atoms with Crippen LogP contribution in [0.15, 0.2) is 46.9 Å². The Morgan fingerprint density at radius 1 is 1.07 bits per heavy atom. The van der Waals surface area contributed by atoms with Gasteiger partial charge >= 0.3 is 5.97 Å². The number of Topliss-reactive ketones (excluding diaryl/α,β-unsaturated/α-hetero) is 1. The highest BCUT2D eigenvalue weighted by molar-refractivity contribution is 9.10. The highest BCUT2D eigenvalue weighted by Gasteiger charge is 2.15. The molecule has 154 valence electrons. The van der Waals surface area contributed by atoms with E-state index < -0.39 is 24.3 Å². The molecule has 0 saturated heterocycles. The fraction of sp³-hybridized carbons (Fsp3) is 0.286. The van der Waals surface area contributed by atoms with Crippen molar-refractivity contribution in [2.75, 3.05) is 20.8 Å². The maximum atomic E-state index is 13.7. The van der Waals surface area contributed by atoms with Crippen molar-refractivity contribution in [1.82, 2.24) is 4.90 Å². The summed E-state index contributed by atoms with van der Waals surface area (Å²) in [6, 6.07) is 11.2. The summed E-state index contributed by atoms with van der Waals surface area (Å²) in [4.78, 5) is 37.3. The Bertz CT molecular complexity index is 885. The monoisotopic (exact) mass is 465 g/mol. The predicted octanol–water partition coefficient (Wildman–Crippen LogP) is 3.76. The zero-order valence-electron chi connectivity index (χ0n) is 16.1. The molecule has 0 spiro atoms. The van der Waals surface area contributed by atoms with Gasteiger partial charge in [-0.15, -0.1) is 0 Å². The van der Waals surface area contributed by atoms with Gasteiger partial charge in [-0.25, -0.2) is 4.39 Å². The quantitative estimate of drug-likeness (QED) is 0.416. The molecular formula is C21H21BrFNO5. The van der Waals surface area contributed by atoms with E-state index in [4.69, 9.17) is 9.47 Å². The van der Waals surface area contributed by atoms with E-state index in [9.17, 15) is 18.8 Å². The van der Waals surface area contributed by atoms with E-state index in [2.05, 4.69) is 15.9 Å². The van der Waals surface area contributed by atoms with Gasteiger partial charge in [0.25, 0.3) is 5.91 Å². The van der Waals surface area contributed by atoms with Gasteiger partial charge in [0.1, 0.15) is 0 Å². The number of hydrogen-bond acceptors (Lipinski definition) is 5. The average Bonchev–Trinajstić information content (AvgIpc) is 2.70. The van der Waals surface area contributed by atoms with Gasteiger partial charge in [0.2, 0.25) is 0 Å². The fourth-order valence-corrected chi connectivity index (χ4v) is 2.75. The van der Waals surface area contributed by atoms with E-state index in [0.29, 0.717) is 11.1 Å². The fourth-order valence-electron chi connectivity index (χ4n) is 2.49. The Labute approximate surface area is 176 Å². The second-order valence-electron chi connectivity index (χ2n) is 6.31. The summed E-state index contributed by atoms with van der Waals surface area (Å²) in [5.74, 6) is -1.65. The maximum absolute atomic E-state index is 13.7. The largest absolute Gasteiger partial charge is 0.494 e. The van der Waals surface area contributed by atoms with Crippen LogP contribution in [0.25, 0.3) is 0 Å². The lowest BCUT2D eigenvalue weighted by Crippen LogP contribution is -2.30. The van der Waals surface area contributed by atoms with E-state index in [1.807, 2.05) is 0 Å². The molecule has 1 amide bonds. The van der Waals surface area contributed by atoms with Crippen molar-refractivity contribution in [1.29, 1.82) is 0 Å². The van der Waals surface area contributed by atoms with Gasteiger partial charge in [0.05, 0.1) is 13.5 Å². The number of nitrogens with zero attached hydrogens (tertiary/aromatic N) is 1. The van der Waals surface area contributed by atoms with Crippen molar-refractivity contribution in [2.45, 2.75) is 19.4 Å². The van der Waals surface area contributed by atoms with Crippen LogP contribution in [-0.2, 0) is 20.9 Å². The molecule has 0 aliphatic heterocycles. The number of ether oxygens (including phenoxy) is 2. The van der Waals surface area contributed by atoms with Crippen molar-refractivity contribution < 1.29 is 28.2 Å². The molecule has 0 atom stereocenters. The standard InChI is InChI=1S/C21H21BrFNO5/c1-24(12-14-3-9-19(28-2)17(23)11-14)20(26)13-29-21(27)10-8-18(25)15-4-6-16(22)7-5-15/h3-7,9,11H,8,10,12-13H2,1-2H3. The van der Waals surface area contributed by atoms with E-state index in [1.54, 1.807) is 30.3 Å². The third-order valence-corrected chi connectivity index (χ3v) is 4.67. The van der Waals surface area contributed by atoms with Crippen LogP contribution in [0.1, 0.15) is 28.8 Å². The van der Waals surface area contributed by atoms with E-state index in [0.717, 1.165) is 4.47 Å². The van der Waals surface area contributed by atoms with Gasteiger partial charge in [0, 0.05) is 30.0 Å². The molecule has 8 heteroatoms. The number of benzene rings is 2. The van der Waals surface area contributed by atoms with Crippen molar-refractivity contribution in [3.8, 4) is 5.75 Å². The molecule has 6 nitrogen and oxygen atoms in total. The molecule has 0 saturated carbocycles. The molecule has 0 heterocycles. The van der Waals surface area contributed by atoms with Gasteiger partial charge in [-0.3, -0.25) is 14.4 Å². The van der Waals surface area contributed by atoms with Crippen LogP contribution in [0, 0.1) is 5.82 Å². The molecule has 0 aliphatic rings.